The zero-order chi connectivity index (χ0) is 19.8. The van der Waals surface area contributed by atoms with Gasteiger partial charge in [0.05, 0.1) is 19.8 Å². The number of amides is 2. The molecule has 4 N–H and O–H groups in total. The van der Waals surface area contributed by atoms with Crippen molar-refractivity contribution < 1.29 is 14.3 Å². The highest BCUT2D eigenvalue weighted by atomic mass is 35.5. The van der Waals surface area contributed by atoms with E-state index in [1.54, 1.807) is 24.3 Å². The molecule has 0 radical (unpaired) electrons. The number of nitrogens with two attached hydrogens (primary N) is 1. The molecule has 0 bridgehead atoms. The normalized spacial score (nSPS) is 13.5. The molecule has 2 aromatic rings. The quantitative estimate of drug-likeness (QED) is 0.558. The molecule has 0 aromatic heterocycles. The summed E-state index contributed by atoms with van der Waals surface area (Å²) in [6, 6.07) is 14.7. The molecule has 2 aromatic carbocycles. The van der Waals surface area contributed by atoms with E-state index in [0.29, 0.717) is 49.7 Å². The number of nitrogen functional groups attached to an aromatic ring is 1. The van der Waals surface area contributed by atoms with Crippen LogP contribution >= 0.6 is 24.8 Å². The minimum atomic E-state index is -0.0765. The Morgan fingerprint density at radius 3 is 2.07 bits per heavy atom. The van der Waals surface area contributed by atoms with Gasteiger partial charge in [-0.3, -0.25) is 14.5 Å². The van der Waals surface area contributed by atoms with Gasteiger partial charge in [-0.05, 0) is 42.3 Å². The monoisotopic (exact) mass is 454 g/mol. The van der Waals surface area contributed by atoms with Gasteiger partial charge < -0.3 is 21.1 Å². The third kappa shape index (κ3) is 8.20. The summed E-state index contributed by atoms with van der Waals surface area (Å²) in [7, 11) is 0. The minimum Gasteiger partial charge on any atom is -0.399 e. The first kappa shape index (κ1) is 25.7. The first-order valence-electron chi connectivity index (χ1n) is 9.43. The van der Waals surface area contributed by atoms with E-state index in [1.165, 1.54) is 0 Å². The van der Waals surface area contributed by atoms with Gasteiger partial charge in [0.25, 0.3) is 0 Å². The van der Waals surface area contributed by atoms with Gasteiger partial charge in [-0.1, -0.05) is 18.2 Å². The van der Waals surface area contributed by atoms with Gasteiger partial charge >= 0.3 is 0 Å². The van der Waals surface area contributed by atoms with Crippen molar-refractivity contribution in [3.63, 3.8) is 0 Å². The molecule has 1 aliphatic heterocycles. The highest BCUT2D eigenvalue weighted by molar-refractivity contribution is 5.93. The number of anilines is 3. The van der Waals surface area contributed by atoms with Gasteiger partial charge in [-0.2, -0.15) is 0 Å². The maximum absolute atomic E-state index is 12.1. The summed E-state index contributed by atoms with van der Waals surface area (Å²) in [5.74, 6) is -0.133. The number of hydrogen-bond donors (Lipinski definition) is 3. The molecule has 0 unspecified atom stereocenters. The Morgan fingerprint density at radius 1 is 0.900 bits per heavy atom. The van der Waals surface area contributed by atoms with E-state index < -0.39 is 0 Å². The summed E-state index contributed by atoms with van der Waals surface area (Å²) in [6.07, 6.45) is 0.945. The number of aryl methyl sites for hydroxylation is 1. The molecule has 1 aliphatic rings. The van der Waals surface area contributed by atoms with Gasteiger partial charge in [-0.25, -0.2) is 0 Å². The fraction of sp³-hybridized carbons (Fsp3) is 0.333. The number of carbonyl (C=O) groups excluding carboxylic acids is 2. The Kier molecular flexibility index (Phi) is 11.2. The van der Waals surface area contributed by atoms with E-state index in [-0.39, 0.29) is 36.6 Å². The summed E-state index contributed by atoms with van der Waals surface area (Å²) in [5, 5.41) is 5.74. The average Bonchev–Trinajstić information content (AvgIpc) is 2.69. The lowest BCUT2D eigenvalue weighted by atomic mass is 10.1. The summed E-state index contributed by atoms with van der Waals surface area (Å²) in [4.78, 5) is 26.3. The van der Waals surface area contributed by atoms with Gasteiger partial charge in [0.2, 0.25) is 11.8 Å². The second-order valence-electron chi connectivity index (χ2n) is 6.76. The van der Waals surface area contributed by atoms with E-state index >= 15 is 0 Å². The molecule has 1 saturated heterocycles. The lowest BCUT2D eigenvalue weighted by Crippen LogP contribution is -2.41. The zero-order valence-corrected chi connectivity index (χ0v) is 18.3. The van der Waals surface area contributed by atoms with Crippen LogP contribution in [0.2, 0.25) is 0 Å². The average molecular weight is 455 g/mol. The Balaban J connectivity index is 0.00000225. The summed E-state index contributed by atoms with van der Waals surface area (Å²) >= 11 is 0. The number of ether oxygens (including phenoxy) is 1. The molecule has 2 amide bonds. The van der Waals surface area contributed by atoms with Crippen molar-refractivity contribution in [3.05, 3.63) is 54.1 Å². The van der Waals surface area contributed by atoms with Crippen molar-refractivity contribution in [1.82, 2.24) is 4.90 Å². The van der Waals surface area contributed by atoms with Gasteiger partial charge in [0.1, 0.15) is 0 Å². The topological polar surface area (TPSA) is 96.7 Å². The van der Waals surface area contributed by atoms with E-state index in [2.05, 4.69) is 15.5 Å². The molecule has 0 aliphatic carbocycles. The van der Waals surface area contributed by atoms with Crippen LogP contribution in [0.3, 0.4) is 0 Å². The molecule has 30 heavy (non-hydrogen) atoms. The number of morpholine rings is 1. The Labute approximate surface area is 189 Å². The predicted molar refractivity (Wildman–Crippen MR) is 125 cm³/mol. The minimum absolute atomic E-state index is 0. The second-order valence-corrected chi connectivity index (χ2v) is 6.76. The molecular weight excluding hydrogens is 427 g/mol. The van der Waals surface area contributed by atoms with E-state index in [0.717, 1.165) is 18.7 Å². The van der Waals surface area contributed by atoms with Gasteiger partial charge in [-0.15, -0.1) is 24.8 Å². The van der Waals surface area contributed by atoms with Gasteiger partial charge in [0.15, 0.2) is 0 Å². The number of rotatable bonds is 7. The maximum atomic E-state index is 12.1. The highest BCUT2D eigenvalue weighted by Crippen LogP contribution is 2.16. The fourth-order valence-corrected chi connectivity index (χ4v) is 3.03. The number of hydrogen-bond acceptors (Lipinski definition) is 5. The summed E-state index contributed by atoms with van der Waals surface area (Å²) < 4.78 is 5.28. The van der Waals surface area contributed by atoms with Crippen LogP contribution in [0.5, 0.6) is 0 Å². The van der Waals surface area contributed by atoms with Crippen LogP contribution in [0, 0.1) is 0 Å². The van der Waals surface area contributed by atoms with Crippen LogP contribution in [0.1, 0.15) is 12.0 Å². The molecule has 0 saturated carbocycles. The smallest absolute Gasteiger partial charge is 0.238 e. The molecule has 1 fully saturated rings. The number of nitrogens with zero attached hydrogens (tertiary/aromatic N) is 1. The van der Waals surface area contributed by atoms with E-state index in [9.17, 15) is 9.59 Å². The van der Waals surface area contributed by atoms with Crippen molar-refractivity contribution in [2.24, 2.45) is 0 Å². The Bertz CT molecular complexity index is 812. The standard InChI is InChI=1S/C21H26N4O3.2ClH/c22-19-4-2-1-3-16(19)5-10-20(26)23-17-6-8-18(9-7-17)24-21(27)15-25-11-13-28-14-12-25;;/h1-4,6-9H,5,10-15,22H2,(H,23,26)(H,24,27);2*1H. The number of benzene rings is 2. The second kappa shape index (κ2) is 13.1. The van der Waals surface area contributed by atoms with E-state index in [4.69, 9.17) is 10.5 Å². The van der Waals surface area contributed by atoms with Crippen LogP contribution in [0.4, 0.5) is 17.1 Å². The Morgan fingerprint density at radius 2 is 1.47 bits per heavy atom. The molecule has 0 atom stereocenters. The van der Waals surface area contributed by atoms with Crippen molar-refractivity contribution in [2.45, 2.75) is 12.8 Å². The zero-order valence-electron chi connectivity index (χ0n) is 16.6. The van der Waals surface area contributed by atoms with E-state index in [1.807, 2.05) is 24.3 Å². The largest absolute Gasteiger partial charge is 0.399 e. The maximum Gasteiger partial charge on any atom is 0.238 e. The van der Waals surface area contributed by atoms with Crippen molar-refractivity contribution in [3.8, 4) is 0 Å². The predicted octanol–water partition coefficient (Wildman–Crippen LogP) is 2.95. The number of halogens is 2. The third-order valence-electron chi connectivity index (χ3n) is 4.60. The molecular formula is C21H28Cl2N4O3. The first-order valence-corrected chi connectivity index (χ1v) is 9.43. The summed E-state index contributed by atoms with van der Waals surface area (Å²) in [6.45, 7) is 3.22. The van der Waals surface area contributed by atoms with Gasteiger partial charge in [0, 0.05) is 36.6 Å². The lowest BCUT2D eigenvalue weighted by molar-refractivity contribution is -0.118. The number of carbonyl (C=O) groups is 2. The first-order chi connectivity index (χ1) is 13.6. The highest BCUT2D eigenvalue weighted by Gasteiger charge is 2.14. The third-order valence-corrected chi connectivity index (χ3v) is 4.60. The van der Waals surface area contributed by atoms with Crippen molar-refractivity contribution >= 4 is 53.7 Å². The molecule has 164 valence electrons. The van der Waals surface area contributed by atoms with Crippen LogP contribution in [0.15, 0.2) is 48.5 Å². The van der Waals surface area contributed by atoms with Crippen LogP contribution in [-0.2, 0) is 20.7 Å². The fourth-order valence-electron chi connectivity index (χ4n) is 3.03. The molecule has 0 spiro atoms. The molecule has 9 heteroatoms. The van der Waals surface area contributed by atoms with Crippen LogP contribution in [-0.4, -0.2) is 49.6 Å². The Hall–Kier alpha value is -2.32. The SMILES string of the molecule is Cl.Cl.Nc1ccccc1CCC(=O)Nc1ccc(NC(=O)CN2CCOCC2)cc1. The van der Waals surface area contributed by atoms with Crippen LogP contribution < -0.4 is 16.4 Å². The van der Waals surface area contributed by atoms with Crippen LogP contribution in [0.25, 0.3) is 0 Å². The molecule has 3 rings (SSSR count). The number of nitrogens with one attached hydrogen (secondary N) is 2. The number of para-hydroxylation sites is 1. The van der Waals surface area contributed by atoms with Crippen molar-refractivity contribution in [2.75, 3.05) is 49.2 Å². The van der Waals surface area contributed by atoms with Crippen molar-refractivity contribution in [1.29, 1.82) is 0 Å². The molecule has 1 heterocycles. The lowest BCUT2D eigenvalue weighted by Gasteiger charge is -2.25. The molecule has 7 nitrogen and oxygen atoms in total. The summed E-state index contributed by atoms with van der Waals surface area (Å²) in [5.41, 5.74) is 8.96.